The minimum Gasteiger partial charge on any atom is -0.495 e. The molecule has 6 nitrogen and oxygen atoms in total. The average Bonchev–Trinajstić information content (AvgIpc) is 3.35. The van der Waals surface area contributed by atoms with Gasteiger partial charge in [0.05, 0.1) is 12.8 Å². The Morgan fingerprint density at radius 2 is 2.04 bits per heavy atom. The molecular formula is C18H24N2O4S. The second-order valence-corrected chi connectivity index (χ2v) is 8.14. The Bertz CT molecular complexity index is 773. The lowest BCUT2D eigenvalue weighted by atomic mass is 10.1. The number of carbonyl (C=O) groups is 1. The molecule has 0 radical (unpaired) electrons. The molecule has 2 aliphatic rings. The molecule has 1 aromatic rings. The highest BCUT2D eigenvalue weighted by atomic mass is 32.2. The van der Waals surface area contributed by atoms with E-state index in [1.165, 1.54) is 7.11 Å². The number of methoxy groups -OCH3 is 1. The smallest absolute Gasteiger partial charge is 0.269 e. The normalized spacial score (nSPS) is 27.3. The van der Waals surface area contributed by atoms with E-state index < -0.39 is 15.9 Å². The fourth-order valence-electron chi connectivity index (χ4n) is 3.14. The average molecular weight is 364 g/mol. The predicted molar refractivity (Wildman–Crippen MR) is 96.0 cm³/mol. The maximum atomic E-state index is 12.8. The van der Waals surface area contributed by atoms with Crippen LogP contribution in [0.3, 0.4) is 0 Å². The quantitative estimate of drug-likeness (QED) is 0.749. The van der Waals surface area contributed by atoms with Crippen molar-refractivity contribution < 1.29 is 17.9 Å². The molecule has 2 atom stereocenters. The molecule has 0 bridgehead atoms. The van der Waals surface area contributed by atoms with Crippen LogP contribution in [0, 0.1) is 11.8 Å². The Labute approximate surface area is 148 Å². The predicted octanol–water partition coefficient (Wildman–Crippen LogP) is 2.68. The van der Waals surface area contributed by atoms with Gasteiger partial charge in [-0.3, -0.25) is 4.79 Å². The Balaban J connectivity index is 1.93. The lowest BCUT2D eigenvalue weighted by Gasteiger charge is -2.16. The first-order valence-corrected chi connectivity index (χ1v) is 10.2. The highest BCUT2D eigenvalue weighted by Gasteiger charge is 2.43. The van der Waals surface area contributed by atoms with Crippen LogP contribution in [0.4, 0.5) is 5.69 Å². The van der Waals surface area contributed by atoms with E-state index in [9.17, 15) is 13.2 Å². The first-order valence-electron chi connectivity index (χ1n) is 8.67. The molecule has 0 aromatic heterocycles. The molecule has 0 saturated heterocycles. The van der Waals surface area contributed by atoms with E-state index in [1.54, 1.807) is 18.2 Å². The van der Waals surface area contributed by atoms with Crippen LogP contribution < -0.4 is 14.8 Å². The standard InChI is InChI=1S/C18H24N2O4S/c1-24-16-10-7-9-15-17(16)25(22,23)20-18(21)14-12-13(14)8-5-3-2-4-6-11-19-15/h5,7-10,13-14,19H,2-4,6,11-12H2,1H3,(H,20,21)/b8-5-/t13-,14+/m1/s1. The van der Waals surface area contributed by atoms with Gasteiger partial charge in [0.25, 0.3) is 10.0 Å². The Kier molecular flexibility index (Phi) is 5.32. The lowest BCUT2D eigenvalue weighted by molar-refractivity contribution is -0.120. The monoisotopic (exact) mass is 364 g/mol. The molecule has 1 fully saturated rings. The van der Waals surface area contributed by atoms with Gasteiger partial charge >= 0.3 is 0 Å². The zero-order valence-electron chi connectivity index (χ0n) is 14.3. The van der Waals surface area contributed by atoms with Gasteiger partial charge in [-0.05, 0) is 43.7 Å². The molecule has 2 N–H and O–H groups in total. The Morgan fingerprint density at radius 1 is 1.20 bits per heavy atom. The van der Waals surface area contributed by atoms with E-state index in [2.05, 4.69) is 16.1 Å². The van der Waals surface area contributed by atoms with Crippen molar-refractivity contribution in [1.29, 1.82) is 0 Å². The second kappa shape index (κ2) is 7.47. The number of hydrogen-bond donors (Lipinski definition) is 2. The summed E-state index contributed by atoms with van der Waals surface area (Å²) in [5, 5.41) is 3.17. The maximum Gasteiger partial charge on any atom is 0.269 e. The van der Waals surface area contributed by atoms with Gasteiger partial charge in [-0.15, -0.1) is 0 Å². The van der Waals surface area contributed by atoms with Gasteiger partial charge in [0, 0.05) is 12.5 Å². The summed E-state index contributed by atoms with van der Waals surface area (Å²) in [6.07, 6.45) is 8.95. The number of amides is 1. The highest BCUT2D eigenvalue weighted by Crippen LogP contribution is 2.40. The first kappa shape index (κ1) is 17.8. The first-order chi connectivity index (χ1) is 12.0. The number of carbonyl (C=O) groups excluding carboxylic acids is 1. The van der Waals surface area contributed by atoms with Gasteiger partial charge in [0.1, 0.15) is 5.75 Å². The molecule has 1 heterocycles. The number of sulfonamides is 1. The third-order valence-electron chi connectivity index (χ3n) is 4.63. The van der Waals surface area contributed by atoms with Crippen LogP contribution in [0.15, 0.2) is 35.2 Å². The molecule has 0 spiro atoms. The summed E-state index contributed by atoms with van der Waals surface area (Å²) < 4.78 is 33.1. The lowest BCUT2D eigenvalue weighted by Crippen LogP contribution is -2.33. The maximum absolute atomic E-state index is 12.8. The van der Waals surface area contributed by atoms with Crippen LogP contribution in [0.5, 0.6) is 5.75 Å². The van der Waals surface area contributed by atoms with Crippen molar-refractivity contribution in [3.8, 4) is 5.75 Å². The van der Waals surface area contributed by atoms with Crippen molar-refractivity contribution in [3.63, 3.8) is 0 Å². The zero-order valence-corrected chi connectivity index (χ0v) is 15.1. The van der Waals surface area contributed by atoms with Crippen molar-refractivity contribution in [2.75, 3.05) is 19.0 Å². The van der Waals surface area contributed by atoms with Crippen LogP contribution in [0.1, 0.15) is 32.1 Å². The summed E-state index contributed by atoms with van der Waals surface area (Å²) in [6.45, 7) is 0.665. The second-order valence-electron chi connectivity index (χ2n) is 6.52. The summed E-state index contributed by atoms with van der Waals surface area (Å²) in [7, 11) is -2.59. The Hall–Kier alpha value is -2.02. The van der Waals surface area contributed by atoms with Gasteiger partial charge in [0.15, 0.2) is 4.90 Å². The Morgan fingerprint density at radius 3 is 2.84 bits per heavy atom. The molecule has 1 aromatic carbocycles. The van der Waals surface area contributed by atoms with Crippen molar-refractivity contribution >= 4 is 21.6 Å². The molecule has 3 rings (SSSR count). The van der Waals surface area contributed by atoms with Gasteiger partial charge in [-0.2, -0.15) is 0 Å². The molecule has 1 aliphatic heterocycles. The number of anilines is 1. The van der Waals surface area contributed by atoms with E-state index in [0.717, 1.165) is 25.7 Å². The van der Waals surface area contributed by atoms with Crippen molar-refractivity contribution in [2.24, 2.45) is 11.8 Å². The largest absolute Gasteiger partial charge is 0.495 e. The van der Waals surface area contributed by atoms with Crippen molar-refractivity contribution in [2.45, 2.75) is 37.0 Å². The van der Waals surface area contributed by atoms with Crippen LogP contribution in [0.2, 0.25) is 0 Å². The number of benzene rings is 1. The summed E-state index contributed by atoms with van der Waals surface area (Å²) in [6, 6.07) is 5.01. The minimum absolute atomic E-state index is 0.00605. The molecule has 7 heteroatoms. The summed E-state index contributed by atoms with van der Waals surface area (Å²) in [5.41, 5.74) is 0.458. The highest BCUT2D eigenvalue weighted by molar-refractivity contribution is 7.90. The number of ether oxygens (including phenoxy) is 1. The van der Waals surface area contributed by atoms with E-state index >= 15 is 0 Å². The van der Waals surface area contributed by atoms with Crippen LogP contribution in [0.25, 0.3) is 0 Å². The fraction of sp³-hybridized carbons (Fsp3) is 0.500. The van der Waals surface area contributed by atoms with Crippen molar-refractivity contribution in [1.82, 2.24) is 4.72 Å². The van der Waals surface area contributed by atoms with Crippen LogP contribution in [-0.2, 0) is 14.8 Å². The summed E-state index contributed by atoms with van der Waals surface area (Å²) in [4.78, 5) is 12.3. The number of rotatable bonds is 1. The number of nitrogens with one attached hydrogen (secondary N) is 2. The van der Waals surface area contributed by atoms with E-state index in [0.29, 0.717) is 18.7 Å². The van der Waals surface area contributed by atoms with Gasteiger partial charge in [-0.1, -0.05) is 24.6 Å². The topological polar surface area (TPSA) is 84.5 Å². The van der Waals surface area contributed by atoms with Gasteiger partial charge < -0.3 is 10.1 Å². The SMILES string of the molecule is COc1cccc2c1S(=O)(=O)NC(=O)[C@H]1C[C@H]1/C=C\CCCCCN2. The number of allylic oxidation sites excluding steroid dienone is 2. The molecule has 1 saturated carbocycles. The third kappa shape index (κ3) is 4.15. The molecule has 25 heavy (non-hydrogen) atoms. The number of fused-ring (bicyclic) bond motifs is 2. The molecule has 1 amide bonds. The summed E-state index contributed by atoms with van der Waals surface area (Å²) >= 11 is 0. The van der Waals surface area contributed by atoms with E-state index in [1.807, 2.05) is 6.08 Å². The molecular weight excluding hydrogens is 340 g/mol. The molecule has 1 aliphatic carbocycles. The van der Waals surface area contributed by atoms with Crippen LogP contribution >= 0.6 is 0 Å². The number of hydrogen-bond acceptors (Lipinski definition) is 5. The van der Waals surface area contributed by atoms with E-state index in [4.69, 9.17) is 4.74 Å². The summed E-state index contributed by atoms with van der Waals surface area (Å²) in [5.74, 6) is -0.332. The third-order valence-corrected chi connectivity index (χ3v) is 6.05. The van der Waals surface area contributed by atoms with Gasteiger partial charge in [0.2, 0.25) is 5.91 Å². The molecule has 0 unspecified atom stereocenters. The van der Waals surface area contributed by atoms with E-state index in [-0.39, 0.29) is 22.5 Å². The van der Waals surface area contributed by atoms with Crippen LogP contribution in [-0.4, -0.2) is 28.0 Å². The van der Waals surface area contributed by atoms with Crippen molar-refractivity contribution in [3.05, 3.63) is 30.4 Å². The van der Waals surface area contributed by atoms with Gasteiger partial charge in [-0.25, -0.2) is 13.1 Å². The zero-order chi connectivity index (χ0) is 17.9. The minimum atomic E-state index is -4.01. The molecule has 136 valence electrons. The fourth-order valence-corrected chi connectivity index (χ4v) is 4.50.